The van der Waals surface area contributed by atoms with Crippen LogP contribution in [-0.4, -0.2) is 61.0 Å². The van der Waals surface area contributed by atoms with E-state index in [0.29, 0.717) is 6.54 Å². The molecule has 0 amide bonds. The molecule has 4 rings (SSSR count). The van der Waals surface area contributed by atoms with Crippen LogP contribution >= 0.6 is 0 Å². The fourth-order valence-corrected chi connectivity index (χ4v) is 3.67. The number of nitrogens with one attached hydrogen (secondary N) is 1. The number of methoxy groups -OCH3 is 1. The number of nitrogens with zero attached hydrogens (tertiary/aromatic N) is 5. The van der Waals surface area contributed by atoms with Crippen molar-refractivity contribution in [3.05, 3.63) is 72.6 Å². The molecule has 156 valence electrons. The van der Waals surface area contributed by atoms with E-state index in [4.69, 9.17) is 4.74 Å². The minimum Gasteiger partial charge on any atom is -0.497 e. The molecular weight excluding hydrogens is 376 g/mol. The number of para-hydroxylation sites is 1. The van der Waals surface area contributed by atoms with Crippen molar-refractivity contribution in [3.8, 4) is 11.4 Å². The molecule has 30 heavy (non-hydrogen) atoms. The van der Waals surface area contributed by atoms with Crippen LogP contribution in [0.3, 0.4) is 0 Å². The molecule has 1 aliphatic heterocycles. The van der Waals surface area contributed by atoms with E-state index in [1.54, 1.807) is 7.11 Å². The molecule has 2 heterocycles. The van der Waals surface area contributed by atoms with E-state index in [2.05, 4.69) is 43.5 Å². The molecule has 0 atom stereocenters. The van der Waals surface area contributed by atoms with Crippen LogP contribution in [0.2, 0.25) is 0 Å². The summed E-state index contributed by atoms with van der Waals surface area (Å²) in [5.74, 6) is 1.82. The van der Waals surface area contributed by atoms with Crippen molar-refractivity contribution >= 4 is 11.6 Å². The Hall–Kier alpha value is -3.48. The Bertz CT molecular complexity index is 976. The number of rotatable bonds is 5. The standard InChI is InChI=1S/C23H28N6O/c1-24-23(25-16-19-17-26-29(18-19)20-7-4-3-5-8-20)28-13-11-27(12-14-28)21-9-6-10-22(15-21)30-2/h3-10,15,17-18H,11-14,16H2,1-2H3,(H,24,25). The summed E-state index contributed by atoms with van der Waals surface area (Å²) in [6.45, 7) is 4.41. The second kappa shape index (κ2) is 9.35. The summed E-state index contributed by atoms with van der Waals surface area (Å²) < 4.78 is 7.25. The Balaban J connectivity index is 1.32. The van der Waals surface area contributed by atoms with E-state index >= 15 is 0 Å². The van der Waals surface area contributed by atoms with Crippen molar-refractivity contribution in [2.75, 3.05) is 45.2 Å². The number of guanidine groups is 1. The number of hydrogen-bond donors (Lipinski definition) is 1. The van der Waals surface area contributed by atoms with Gasteiger partial charge in [0, 0.05) is 63.3 Å². The van der Waals surface area contributed by atoms with Crippen molar-refractivity contribution < 1.29 is 4.74 Å². The first-order chi connectivity index (χ1) is 14.8. The van der Waals surface area contributed by atoms with Gasteiger partial charge in [0.25, 0.3) is 0 Å². The van der Waals surface area contributed by atoms with E-state index in [0.717, 1.165) is 49.1 Å². The molecule has 3 aromatic rings. The first-order valence-corrected chi connectivity index (χ1v) is 10.2. The zero-order valence-corrected chi connectivity index (χ0v) is 17.5. The van der Waals surface area contributed by atoms with Gasteiger partial charge in [-0.3, -0.25) is 4.99 Å². The van der Waals surface area contributed by atoms with Crippen LogP contribution < -0.4 is 15.0 Å². The predicted octanol–water partition coefficient (Wildman–Crippen LogP) is 2.78. The molecule has 0 aliphatic carbocycles. The topological polar surface area (TPSA) is 57.9 Å². The zero-order chi connectivity index (χ0) is 20.8. The lowest BCUT2D eigenvalue weighted by Gasteiger charge is -2.37. The summed E-state index contributed by atoms with van der Waals surface area (Å²) >= 11 is 0. The number of aliphatic imine (C=N–C) groups is 1. The number of anilines is 1. The van der Waals surface area contributed by atoms with Crippen LogP contribution in [0.25, 0.3) is 5.69 Å². The van der Waals surface area contributed by atoms with Gasteiger partial charge in [0.15, 0.2) is 5.96 Å². The van der Waals surface area contributed by atoms with E-state index in [9.17, 15) is 0 Å². The van der Waals surface area contributed by atoms with Crippen LogP contribution in [0, 0.1) is 0 Å². The number of ether oxygens (including phenoxy) is 1. The Morgan fingerprint density at radius 1 is 1.03 bits per heavy atom. The summed E-state index contributed by atoms with van der Waals surface area (Å²) in [5.41, 5.74) is 3.38. The van der Waals surface area contributed by atoms with Gasteiger partial charge in [0.2, 0.25) is 0 Å². The first kappa shape index (κ1) is 19.8. The van der Waals surface area contributed by atoms with Gasteiger partial charge >= 0.3 is 0 Å². The number of hydrogen-bond acceptors (Lipinski definition) is 4. The third-order valence-electron chi connectivity index (χ3n) is 5.32. The molecule has 1 aromatic heterocycles. The van der Waals surface area contributed by atoms with Crippen molar-refractivity contribution in [2.45, 2.75) is 6.54 Å². The second-order valence-corrected chi connectivity index (χ2v) is 7.21. The van der Waals surface area contributed by atoms with Crippen LogP contribution in [0.5, 0.6) is 5.75 Å². The predicted molar refractivity (Wildman–Crippen MR) is 121 cm³/mol. The fraction of sp³-hybridized carbons (Fsp3) is 0.304. The quantitative estimate of drug-likeness (QED) is 0.524. The van der Waals surface area contributed by atoms with Crippen LogP contribution in [0.15, 0.2) is 72.0 Å². The maximum atomic E-state index is 5.35. The largest absolute Gasteiger partial charge is 0.497 e. The van der Waals surface area contributed by atoms with Gasteiger partial charge in [-0.05, 0) is 24.3 Å². The molecule has 0 radical (unpaired) electrons. The maximum Gasteiger partial charge on any atom is 0.194 e. The molecule has 0 unspecified atom stereocenters. The number of aromatic nitrogens is 2. The molecule has 0 saturated carbocycles. The van der Waals surface area contributed by atoms with E-state index in [-0.39, 0.29) is 0 Å². The lowest BCUT2D eigenvalue weighted by atomic mass is 10.2. The highest BCUT2D eigenvalue weighted by Gasteiger charge is 2.20. The van der Waals surface area contributed by atoms with Gasteiger partial charge in [-0.15, -0.1) is 0 Å². The molecule has 1 fully saturated rings. The normalized spacial score (nSPS) is 14.7. The average molecular weight is 405 g/mol. The summed E-state index contributed by atoms with van der Waals surface area (Å²) in [4.78, 5) is 9.17. The van der Waals surface area contributed by atoms with Crippen molar-refractivity contribution in [1.29, 1.82) is 0 Å². The highest BCUT2D eigenvalue weighted by atomic mass is 16.5. The third-order valence-corrected chi connectivity index (χ3v) is 5.32. The summed E-state index contributed by atoms with van der Waals surface area (Å²) in [6.07, 6.45) is 3.95. The first-order valence-electron chi connectivity index (χ1n) is 10.2. The highest BCUT2D eigenvalue weighted by molar-refractivity contribution is 5.80. The smallest absolute Gasteiger partial charge is 0.194 e. The van der Waals surface area contributed by atoms with Gasteiger partial charge in [0.1, 0.15) is 5.75 Å². The van der Waals surface area contributed by atoms with Crippen LogP contribution in [0.4, 0.5) is 5.69 Å². The molecule has 0 spiro atoms. The van der Waals surface area contributed by atoms with Crippen molar-refractivity contribution in [1.82, 2.24) is 20.0 Å². The molecule has 2 aromatic carbocycles. The summed E-state index contributed by atoms with van der Waals surface area (Å²) in [7, 11) is 3.54. The molecule has 7 nitrogen and oxygen atoms in total. The third kappa shape index (κ3) is 4.56. The molecular formula is C23H28N6O. The molecule has 1 aliphatic rings. The van der Waals surface area contributed by atoms with E-state index < -0.39 is 0 Å². The van der Waals surface area contributed by atoms with Gasteiger partial charge in [-0.25, -0.2) is 4.68 Å². The zero-order valence-electron chi connectivity index (χ0n) is 17.5. The fourth-order valence-electron chi connectivity index (χ4n) is 3.67. The molecule has 0 bridgehead atoms. The minimum atomic E-state index is 0.690. The van der Waals surface area contributed by atoms with Crippen molar-refractivity contribution in [2.24, 2.45) is 4.99 Å². The Morgan fingerprint density at radius 2 is 1.80 bits per heavy atom. The van der Waals surface area contributed by atoms with Gasteiger partial charge < -0.3 is 19.9 Å². The molecule has 7 heteroatoms. The van der Waals surface area contributed by atoms with Gasteiger partial charge in [0.05, 0.1) is 19.0 Å². The summed E-state index contributed by atoms with van der Waals surface area (Å²) in [6, 6.07) is 18.4. The SMILES string of the molecule is CN=C(NCc1cnn(-c2ccccc2)c1)N1CCN(c2cccc(OC)c2)CC1. The van der Waals surface area contributed by atoms with Crippen molar-refractivity contribution in [3.63, 3.8) is 0 Å². The lowest BCUT2D eigenvalue weighted by molar-refractivity contribution is 0.372. The van der Waals surface area contributed by atoms with E-state index in [1.165, 1.54) is 5.69 Å². The summed E-state index contributed by atoms with van der Waals surface area (Å²) in [5, 5.41) is 7.94. The van der Waals surface area contributed by atoms with Crippen LogP contribution in [-0.2, 0) is 6.54 Å². The van der Waals surface area contributed by atoms with Crippen LogP contribution in [0.1, 0.15) is 5.56 Å². The highest BCUT2D eigenvalue weighted by Crippen LogP contribution is 2.22. The maximum absolute atomic E-state index is 5.35. The van der Waals surface area contributed by atoms with E-state index in [1.807, 2.05) is 60.4 Å². The number of piperazine rings is 1. The Morgan fingerprint density at radius 3 is 2.53 bits per heavy atom. The molecule has 1 N–H and O–H groups in total. The molecule has 1 saturated heterocycles. The second-order valence-electron chi connectivity index (χ2n) is 7.21. The van der Waals surface area contributed by atoms with Gasteiger partial charge in [-0.2, -0.15) is 5.10 Å². The Kier molecular flexibility index (Phi) is 6.17. The average Bonchev–Trinajstić information content (AvgIpc) is 3.30. The number of benzene rings is 2. The minimum absolute atomic E-state index is 0.690. The monoisotopic (exact) mass is 404 g/mol. The lowest BCUT2D eigenvalue weighted by Crippen LogP contribution is -2.52. The van der Waals surface area contributed by atoms with Gasteiger partial charge in [-0.1, -0.05) is 24.3 Å². The Labute approximate surface area is 177 Å².